The summed E-state index contributed by atoms with van der Waals surface area (Å²) < 4.78 is 13.0. The van der Waals surface area contributed by atoms with Crippen molar-refractivity contribution in [2.75, 3.05) is 31.1 Å². The van der Waals surface area contributed by atoms with Gasteiger partial charge in [0, 0.05) is 63.6 Å². The van der Waals surface area contributed by atoms with Crippen molar-refractivity contribution in [3.05, 3.63) is 60.2 Å². The first-order valence-electron chi connectivity index (χ1n) is 9.06. The molecule has 2 amide bonds. The van der Waals surface area contributed by atoms with Crippen LogP contribution in [0, 0.1) is 5.82 Å². The molecule has 1 aromatic heterocycles. The molecule has 2 heterocycles. The molecule has 0 aliphatic carbocycles. The van der Waals surface area contributed by atoms with Gasteiger partial charge in [-0.15, -0.1) is 0 Å². The molecule has 1 aliphatic heterocycles. The molecule has 7 heteroatoms. The lowest BCUT2D eigenvalue weighted by atomic mass is 10.2. The molecule has 1 aliphatic rings. The van der Waals surface area contributed by atoms with Gasteiger partial charge in [-0.2, -0.15) is 0 Å². The highest BCUT2D eigenvalue weighted by molar-refractivity contribution is 5.83. The maximum absolute atomic E-state index is 13.0. The number of benzene rings is 1. The molecule has 6 nitrogen and oxygen atoms in total. The van der Waals surface area contributed by atoms with Crippen molar-refractivity contribution >= 4 is 17.5 Å². The van der Waals surface area contributed by atoms with E-state index in [1.165, 1.54) is 12.1 Å². The second-order valence-electron chi connectivity index (χ2n) is 6.48. The number of nitrogens with one attached hydrogen (secondary N) is 1. The monoisotopic (exact) mass is 370 g/mol. The molecule has 1 saturated heterocycles. The SMILES string of the molecule is O=C(CCC(=O)N1CCN(c2ccc(F)cc2)CC1)NCc1cccnc1. The standard InChI is InChI=1S/C20H23FN4O2/c21-17-3-5-18(6-4-17)24-10-12-25(13-11-24)20(27)8-7-19(26)23-15-16-2-1-9-22-14-16/h1-6,9,14H,7-8,10-13,15H2,(H,23,26). The third-order valence-electron chi connectivity index (χ3n) is 4.60. The van der Waals surface area contributed by atoms with E-state index in [-0.39, 0.29) is 30.5 Å². The lowest BCUT2D eigenvalue weighted by molar-refractivity contribution is -0.133. The van der Waals surface area contributed by atoms with E-state index >= 15 is 0 Å². The lowest BCUT2D eigenvalue weighted by Gasteiger charge is -2.36. The largest absolute Gasteiger partial charge is 0.368 e. The van der Waals surface area contributed by atoms with E-state index in [9.17, 15) is 14.0 Å². The molecule has 142 valence electrons. The fraction of sp³-hybridized carbons (Fsp3) is 0.350. The molecule has 0 spiro atoms. The van der Waals surface area contributed by atoms with Gasteiger partial charge in [-0.25, -0.2) is 4.39 Å². The van der Waals surface area contributed by atoms with Crippen molar-refractivity contribution in [3.63, 3.8) is 0 Å². The Morgan fingerprint density at radius 3 is 2.44 bits per heavy atom. The van der Waals surface area contributed by atoms with Gasteiger partial charge in [0.15, 0.2) is 0 Å². The van der Waals surface area contributed by atoms with Crippen molar-refractivity contribution < 1.29 is 14.0 Å². The van der Waals surface area contributed by atoms with Crippen molar-refractivity contribution in [2.45, 2.75) is 19.4 Å². The van der Waals surface area contributed by atoms with Crippen LogP contribution < -0.4 is 10.2 Å². The number of pyridine rings is 1. The Hall–Kier alpha value is -2.96. The molecule has 0 saturated carbocycles. The fourth-order valence-electron chi connectivity index (χ4n) is 3.04. The summed E-state index contributed by atoms with van der Waals surface area (Å²) in [7, 11) is 0. The molecule has 0 unspecified atom stereocenters. The minimum atomic E-state index is -0.255. The van der Waals surface area contributed by atoms with Crippen LogP contribution >= 0.6 is 0 Å². The molecule has 0 bridgehead atoms. The number of piperazine rings is 1. The normalized spacial score (nSPS) is 14.1. The Kier molecular flexibility index (Phi) is 6.35. The maximum atomic E-state index is 13.0. The van der Waals surface area contributed by atoms with Crippen LogP contribution in [0.2, 0.25) is 0 Å². The highest BCUT2D eigenvalue weighted by Crippen LogP contribution is 2.17. The highest BCUT2D eigenvalue weighted by Gasteiger charge is 2.21. The lowest BCUT2D eigenvalue weighted by Crippen LogP contribution is -2.49. The highest BCUT2D eigenvalue weighted by atomic mass is 19.1. The van der Waals surface area contributed by atoms with E-state index < -0.39 is 0 Å². The topological polar surface area (TPSA) is 65.5 Å². The van der Waals surface area contributed by atoms with Gasteiger partial charge in [-0.05, 0) is 35.9 Å². The summed E-state index contributed by atoms with van der Waals surface area (Å²) >= 11 is 0. The molecule has 2 aromatic rings. The van der Waals surface area contributed by atoms with Crippen molar-refractivity contribution in [1.82, 2.24) is 15.2 Å². The van der Waals surface area contributed by atoms with Gasteiger partial charge in [0.05, 0.1) is 0 Å². The second kappa shape index (κ2) is 9.12. The van der Waals surface area contributed by atoms with Crippen molar-refractivity contribution in [3.8, 4) is 0 Å². The Balaban J connectivity index is 1.38. The van der Waals surface area contributed by atoms with Crippen molar-refractivity contribution in [2.24, 2.45) is 0 Å². The average Bonchev–Trinajstić information content (AvgIpc) is 2.72. The minimum Gasteiger partial charge on any atom is -0.368 e. The van der Waals surface area contributed by atoms with Crippen LogP contribution in [0.5, 0.6) is 0 Å². The summed E-state index contributed by atoms with van der Waals surface area (Å²) in [5.74, 6) is -0.406. The molecule has 0 atom stereocenters. The van der Waals surface area contributed by atoms with Gasteiger partial charge in [0.1, 0.15) is 5.82 Å². The molecule has 1 N–H and O–H groups in total. The summed E-state index contributed by atoms with van der Waals surface area (Å²) in [6.07, 6.45) is 3.76. The summed E-state index contributed by atoms with van der Waals surface area (Å²) in [4.78, 5) is 32.2. The van der Waals surface area contributed by atoms with Gasteiger partial charge in [0.2, 0.25) is 11.8 Å². The first-order valence-corrected chi connectivity index (χ1v) is 9.06. The maximum Gasteiger partial charge on any atom is 0.223 e. The zero-order chi connectivity index (χ0) is 19.1. The number of anilines is 1. The number of aromatic nitrogens is 1. The Morgan fingerprint density at radius 2 is 1.78 bits per heavy atom. The molecule has 1 fully saturated rings. The van der Waals surface area contributed by atoms with E-state index in [0.717, 1.165) is 11.3 Å². The fourth-order valence-corrected chi connectivity index (χ4v) is 3.04. The molecule has 1 aromatic carbocycles. The zero-order valence-electron chi connectivity index (χ0n) is 15.1. The van der Waals surface area contributed by atoms with Crippen LogP contribution in [0.3, 0.4) is 0 Å². The number of hydrogen-bond donors (Lipinski definition) is 1. The first-order chi connectivity index (χ1) is 13.1. The number of carbonyl (C=O) groups is 2. The number of hydrogen-bond acceptors (Lipinski definition) is 4. The van der Waals surface area contributed by atoms with E-state index in [4.69, 9.17) is 0 Å². The van der Waals surface area contributed by atoms with Gasteiger partial charge in [-0.1, -0.05) is 6.07 Å². The Bertz CT molecular complexity index is 759. The zero-order valence-corrected chi connectivity index (χ0v) is 15.1. The third kappa shape index (κ3) is 5.51. The number of carbonyl (C=O) groups excluding carboxylic acids is 2. The van der Waals surface area contributed by atoms with Gasteiger partial charge in [0.25, 0.3) is 0 Å². The molecule has 27 heavy (non-hydrogen) atoms. The molecular formula is C20H23FN4O2. The van der Waals surface area contributed by atoms with Gasteiger partial charge >= 0.3 is 0 Å². The predicted molar refractivity (Wildman–Crippen MR) is 101 cm³/mol. The number of amides is 2. The van der Waals surface area contributed by atoms with Gasteiger partial charge in [-0.3, -0.25) is 14.6 Å². The molecular weight excluding hydrogens is 347 g/mol. The smallest absolute Gasteiger partial charge is 0.223 e. The predicted octanol–water partition coefficient (Wildman–Crippen LogP) is 1.97. The van der Waals surface area contributed by atoms with E-state index in [1.807, 2.05) is 12.1 Å². The van der Waals surface area contributed by atoms with Crippen LogP contribution in [-0.2, 0) is 16.1 Å². The first kappa shape index (κ1) is 18.8. The van der Waals surface area contributed by atoms with Crippen LogP contribution in [0.15, 0.2) is 48.8 Å². The quantitative estimate of drug-likeness (QED) is 0.844. The summed E-state index contributed by atoms with van der Waals surface area (Å²) in [6, 6.07) is 10.1. The Morgan fingerprint density at radius 1 is 1.04 bits per heavy atom. The third-order valence-corrected chi connectivity index (χ3v) is 4.60. The van der Waals surface area contributed by atoms with E-state index in [2.05, 4.69) is 15.2 Å². The molecule has 3 rings (SSSR count). The minimum absolute atomic E-state index is 0.00900. The number of rotatable bonds is 6. The van der Waals surface area contributed by atoms with Gasteiger partial charge < -0.3 is 15.1 Å². The van der Waals surface area contributed by atoms with Crippen molar-refractivity contribution in [1.29, 1.82) is 0 Å². The van der Waals surface area contributed by atoms with E-state index in [0.29, 0.717) is 32.7 Å². The second-order valence-corrected chi connectivity index (χ2v) is 6.48. The molecule has 0 radical (unpaired) electrons. The Labute approximate surface area is 158 Å². The summed E-state index contributed by atoms with van der Waals surface area (Å²) in [6.45, 7) is 3.02. The number of halogens is 1. The van der Waals surface area contributed by atoms with E-state index in [1.54, 1.807) is 29.4 Å². The summed E-state index contributed by atoms with van der Waals surface area (Å²) in [5.41, 5.74) is 1.88. The van der Waals surface area contributed by atoms with Crippen LogP contribution in [-0.4, -0.2) is 47.9 Å². The number of nitrogens with zero attached hydrogens (tertiary/aromatic N) is 3. The average molecular weight is 370 g/mol. The summed E-state index contributed by atoms with van der Waals surface area (Å²) in [5, 5.41) is 2.80. The van der Waals surface area contributed by atoms with Crippen LogP contribution in [0.4, 0.5) is 10.1 Å². The van der Waals surface area contributed by atoms with Crippen LogP contribution in [0.25, 0.3) is 0 Å². The van der Waals surface area contributed by atoms with Crippen LogP contribution in [0.1, 0.15) is 18.4 Å².